The highest BCUT2D eigenvalue weighted by atomic mass is 79.9. The lowest BCUT2D eigenvalue weighted by Gasteiger charge is -2.58. The fourth-order valence-corrected chi connectivity index (χ4v) is 11.1. The summed E-state index contributed by atoms with van der Waals surface area (Å²) < 4.78 is 22.8. The van der Waals surface area contributed by atoms with Gasteiger partial charge in [0.2, 0.25) is 0 Å². The fourth-order valence-electron chi connectivity index (χ4n) is 10.6. The Balaban J connectivity index is 1.07. The number of ether oxygens (including phenoxy) is 3. The van der Waals surface area contributed by atoms with Crippen molar-refractivity contribution < 1.29 is 23.4 Å². The summed E-state index contributed by atoms with van der Waals surface area (Å²) in [4.78, 5) is 25.1. The van der Waals surface area contributed by atoms with Crippen molar-refractivity contribution in [3.63, 3.8) is 0 Å². The van der Waals surface area contributed by atoms with Gasteiger partial charge in [-0.2, -0.15) is 0 Å². The molecule has 3 fully saturated rings. The maximum absolute atomic E-state index is 12.9. The van der Waals surface area contributed by atoms with Crippen LogP contribution < -0.4 is 10.4 Å². The summed E-state index contributed by atoms with van der Waals surface area (Å²) in [6.07, 6.45) is 15.1. The molecule has 0 amide bonds. The van der Waals surface area contributed by atoms with Crippen LogP contribution in [0, 0.1) is 46.3 Å². The highest BCUT2D eigenvalue weighted by molar-refractivity contribution is 9.10. The lowest BCUT2D eigenvalue weighted by molar-refractivity contribution is -0.0620. The minimum Gasteiger partial charge on any atom is -0.495 e. The molecule has 0 spiro atoms. The van der Waals surface area contributed by atoms with E-state index in [-0.39, 0.29) is 18.1 Å². The average Bonchev–Trinajstić information content (AvgIpc) is 3.37. The second-order valence-electron chi connectivity index (χ2n) is 15.9. The summed E-state index contributed by atoms with van der Waals surface area (Å²) >= 11 is 3.48. The molecule has 252 valence electrons. The van der Waals surface area contributed by atoms with Gasteiger partial charge < -0.3 is 18.6 Å². The smallest absolute Gasteiger partial charge is 0.495 e. The number of benzene rings is 1. The first-order valence-electron chi connectivity index (χ1n) is 17.8. The summed E-state index contributed by atoms with van der Waals surface area (Å²) in [5.41, 5.74) is 2.60. The molecule has 2 aromatic rings. The number of hydrogen-bond donors (Lipinski definition) is 0. The zero-order valence-corrected chi connectivity index (χ0v) is 30.2. The van der Waals surface area contributed by atoms with Crippen molar-refractivity contribution >= 4 is 33.1 Å². The lowest BCUT2D eigenvalue weighted by atomic mass is 9.47. The molecule has 6 rings (SSSR count). The predicted octanol–water partition coefficient (Wildman–Crippen LogP) is 10.6. The maximum atomic E-state index is 12.9. The van der Waals surface area contributed by atoms with Crippen LogP contribution in [0.4, 0.5) is 4.79 Å². The van der Waals surface area contributed by atoms with Crippen molar-refractivity contribution in [3.8, 4) is 5.75 Å². The zero-order valence-electron chi connectivity index (χ0n) is 28.7. The van der Waals surface area contributed by atoms with Crippen LogP contribution in [0.25, 0.3) is 11.0 Å². The van der Waals surface area contributed by atoms with Crippen molar-refractivity contribution in [1.82, 2.24) is 0 Å². The van der Waals surface area contributed by atoms with E-state index in [4.69, 9.17) is 18.6 Å². The molecule has 0 saturated heterocycles. The summed E-state index contributed by atoms with van der Waals surface area (Å²) in [7, 11) is 1.55. The molecule has 6 nitrogen and oxygen atoms in total. The Bertz CT molecular complexity index is 1530. The Labute approximate surface area is 283 Å². The van der Waals surface area contributed by atoms with Gasteiger partial charge in [-0.3, -0.25) is 0 Å². The quantitative estimate of drug-likeness (QED) is 0.148. The van der Waals surface area contributed by atoms with Crippen LogP contribution in [-0.4, -0.2) is 19.4 Å². The second-order valence-corrected chi connectivity index (χ2v) is 16.7. The van der Waals surface area contributed by atoms with Crippen LogP contribution in [0.3, 0.4) is 0 Å². The molecule has 1 unspecified atom stereocenters. The number of carbonyl (C=O) groups is 1. The monoisotopic (exact) mass is 696 g/mol. The molecule has 4 aliphatic carbocycles. The van der Waals surface area contributed by atoms with E-state index in [9.17, 15) is 9.59 Å². The molecule has 3 saturated carbocycles. The number of methoxy groups -OCH3 is 1. The van der Waals surface area contributed by atoms with E-state index >= 15 is 0 Å². The molecule has 0 aliphatic heterocycles. The minimum atomic E-state index is -0.690. The van der Waals surface area contributed by atoms with Crippen molar-refractivity contribution in [3.05, 3.63) is 50.3 Å². The third-order valence-electron chi connectivity index (χ3n) is 13.0. The van der Waals surface area contributed by atoms with Gasteiger partial charge in [0, 0.05) is 29.5 Å². The van der Waals surface area contributed by atoms with E-state index in [0.29, 0.717) is 27.7 Å². The van der Waals surface area contributed by atoms with Gasteiger partial charge in [-0.1, -0.05) is 65.5 Å². The number of rotatable bonds is 9. The Morgan fingerprint density at radius 1 is 1.04 bits per heavy atom. The fraction of sp³-hybridized carbons (Fsp3) is 0.692. The summed E-state index contributed by atoms with van der Waals surface area (Å²) in [6.45, 7) is 12.3. The number of fused-ring (bicyclic) bond motifs is 6. The van der Waals surface area contributed by atoms with E-state index in [2.05, 4.69) is 56.6 Å². The average molecular weight is 698 g/mol. The number of hydrogen-bond acceptors (Lipinski definition) is 6. The van der Waals surface area contributed by atoms with Crippen molar-refractivity contribution in [2.24, 2.45) is 46.3 Å². The van der Waals surface area contributed by atoms with E-state index in [1.807, 2.05) is 0 Å². The van der Waals surface area contributed by atoms with Crippen LogP contribution in [0.2, 0.25) is 0 Å². The molecule has 46 heavy (non-hydrogen) atoms. The number of halogens is 1. The van der Waals surface area contributed by atoms with Gasteiger partial charge in [0.1, 0.15) is 24.0 Å². The molecule has 0 bridgehead atoms. The molecule has 4 aliphatic rings. The molecule has 1 aromatic carbocycles. The van der Waals surface area contributed by atoms with Crippen molar-refractivity contribution in [2.75, 3.05) is 7.11 Å². The highest BCUT2D eigenvalue weighted by Gasteiger charge is 2.59. The Hall–Kier alpha value is -2.28. The van der Waals surface area contributed by atoms with E-state index in [0.717, 1.165) is 59.2 Å². The normalized spacial score (nSPS) is 32.7. The van der Waals surface area contributed by atoms with Gasteiger partial charge in [-0.25, -0.2) is 9.59 Å². The van der Waals surface area contributed by atoms with Crippen LogP contribution in [0.5, 0.6) is 5.75 Å². The number of allylic oxidation sites excluding steroid dienone is 1. The lowest BCUT2D eigenvalue weighted by Crippen LogP contribution is -2.51. The Kier molecular flexibility index (Phi) is 9.73. The van der Waals surface area contributed by atoms with E-state index in [1.54, 1.807) is 19.2 Å². The van der Waals surface area contributed by atoms with E-state index in [1.165, 1.54) is 63.0 Å². The second kappa shape index (κ2) is 13.3. The van der Waals surface area contributed by atoms with Gasteiger partial charge in [-0.15, -0.1) is 0 Å². The first kappa shape index (κ1) is 33.6. The topological polar surface area (TPSA) is 75.0 Å². The molecule has 1 aromatic heterocycles. The summed E-state index contributed by atoms with van der Waals surface area (Å²) in [5.74, 6) is 5.39. The first-order valence-corrected chi connectivity index (χ1v) is 18.6. The van der Waals surface area contributed by atoms with Crippen molar-refractivity contribution in [2.45, 2.75) is 118 Å². The molecule has 0 N–H and O–H groups in total. The molecule has 8 atom stereocenters. The van der Waals surface area contributed by atoms with Gasteiger partial charge >= 0.3 is 11.8 Å². The van der Waals surface area contributed by atoms with Gasteiger partial charge in [0.15, 0.2) is 0 Å². The molecule has 1 heterocycles. The molecule has 0 radical (unpaired) electrons. The molecular formula is C39H53BrO6. The Morgan fingerprint density at radius 3 is 2.61 bits per heavy atom. The molecule has 7 heteroatoms. The largest absolute Gasteiger partial charge is 0.508 e. The SMILES string of the molecule is COc1cc2oc(=O)cc(COC(=O)OC3CC[C@@]4(C)C(=CC[C@H]5[C@@H]6CC[C@H]([C@H](C)CCCC(C)C)[C@@]6(C)CC[C@@H]54)C3)c2cc1Br. The third kappa shape index (κ3) is 6.31. The predicted molar refractivity (Wildman–Crippen MR) is 185 cm³/mol. The minimum absolute atomic E-state index is 0.0753. The zero-order chi connectivity index (χ0) is 32.8. The highest BCUT2D eigenvalue weighted by Crippen LogP contribution is 2.67. The van der Waals surface area contributed by atoms with Crippen molar-refractivity contribution in [1.29, 1.82) is 0 Å². The van der Waals surface area contributed by atoms with Crippen LogP contribution >= 0.6 is 15.9 Å². The van der Waals surface area contributed by atoms with Crippen LogP contribution in [-0.2, 0) is 16.1 Å². The third-order valence-corrected chi connectivity index (χ3v) is 13.6. The van der Waals surface area contributed by atoms with Crippen LogP contribution in [0.15, 0.2) is 43.5 Å². The van der Waals surface area contributed by atoms with Gasteiger partial charge in [0.05, 0.1) is 11.6 Å². The number of carbonyl (C=O) groups excluding carboxylic acids is 1. The van der Waals surface area contributed by atoms with Gasteiger partial charge in [0.25, 0.3) is 0 Å². The summed E-state index contributed by atoms with van der Waals surface area (Å²) in [5, 5.41) is 0.674. The van der Waals surface area contributed by atoms with Gasteiger partial charge in [-0.05, 0) is 113 Å². The summed E-state index contributed by atoms with van der Waals surface area (Å²) in [6, 6.07) is 4.82. The standard InChI is InChI=1S/C39H53BrO6/c1-23(2)8-7-9-24(3)30-12-13-31-28-11-10-26-19-27(14-16-38(26,4)32(28)15-17-39(30,31)5)45-37(42)44-22-25-18-36(41)46-34-21-35(43-6)33(40)20-29(25)34/h10,18,20-21,23-24,27-28,30-32H,7-9,11-17,19,22H2,1-6H3/t24-,27?,28+,30-,31+,32+,38+,39-/m1/s1. The maximum Gasteiger partial charge on any atom is 0.508 e. The molecular weight excluding hydrogens is 644 g/mol. The van der Waals surface area contributed by atoms with E-state index < -0.39 is 11.8 Å². The first-order chi connectivity index (χ1) is 21.9. The van der Waals surface area contributed by atoms with Crippen LogP contribution in [0.1, 0.15) is 111 Å². The Morgan fingerprint density at radius 2 is 1.85 bits per heavy atom.